The molecule has 2 bridgehead atoms. The summed E-state index contributed by atoms with van der Waals surface area (Å²) < 4.78 is 7.52. The molecule has 0 aromatic heterocycles. The fraction of sp³-hybridized carbons (Fsp3) is 0.391. The van der Waals surface area contributed by atoms with Gasteiger partial charge in [-0.2, -0.15) is 0 Å². The van der Waals surface area contributed by atoms with Gasteiger partial charge in [-0.15, -0.1) is 0 Å². The summed E-state index contributed by atoms with van der Waals surface area (Å²) in [6, 6.07) is 21.7. The van der Waals surface area contributed by atoms with Crippen molar-refractivity contribution in [2.45, 2.75) is 31.7 Å². The third-order valence-corrected chi connectivity index (χ3v) is 8.57. The van der Waals surface area contributed by atoms with Gasteiger partial charge in [0.05, 0.1) is 13.5 Å². The summed E-state index contributed by atoms with van der Waals surface area (Å²) in [5.74, 6) is 0.144. The number of rotatable bonds is 5. The van der Waals surface area contributed by atoms with Gasteiger partial charge in [0, 0.05) is 33.0 Å². The third kappa shape index (κ3) is 3.90. The summed E-state index contributed by atoms with van der Waals surface area (Å²) in [5, 5.41) is 2.63. The van der Waals surface area contributed by atoms with Crippen molar-refractivity contribution in [3.05, 3.63) is 60.7 Å². The molecule has 1 aliphatic carbocycles. The van der Waals surface area contributed by atoms with Crippen molar-refractivity contribution in [2.75, 3.05) is 13.7 Å². The molecule has 0 N–H and O–H groups in total. The van der Waals surface area contributed by atoms with Crippen LogP contribution in [0.15, 0.2) is 60.7 Å². The fourth-order valence-electron chi connectivity index (χ4n) is 4.61. The van der Waals surface area contributed by atoms with E-state index in [2.05, 4.69) is 53.2 Å². The molecule has 1 heterocycles. The lowest BCUT2D eigenvalue weighted by molar-refractivity contribution is -0.144. The van der Waals surface area contributed by atoms with Crippen molar-refractivity contribution in [1.82, 2.24) is 4.67 Å². The summed E-state index contributed by atoms with van der Waals surface area (Å²) in [5.41, 5.74) is 0. The van der Waals surface area contributed by atoms with Crippen LogP contribution in [0.2, 0.25) is 0 Å². The fourth-order valence-corrected chi connectivity index (χ4v) is 7.32. The Bertz CT molecular complexity index is 787. The van der Waals surface area contributed by atoms with Gasteiger partial charge in [0.1, 0.15) is 5.78 Å². The van der Waals surface area contributed by atoms with E-state index in [-0.39, 0.29) is 17.8 Å². The number of ketones is 1. The van der Waals surface area contributed by atoms with E-state index in [1.54, 1.807) is 0 Å². The molecule has 146 valence electrons. The summed E-state index contributed by atoms with van der Waals surface area (Å²) in [4.78, 5) is 24.6. The van der Waals surface area contributed by atoms with Crippen LogP contribution in [0.25, 0.3) is 0 Å². The van der Waals surface area contributed by atoms with Gasteiger partial charge in [-0.25, -0.2) is 0 Å². The first-order valence-electron chi connectivity index (χ1n) is 9.93. The van der Waals surface area contributed by atoms with Crippen LogP contribution < -0.4 is 10.6 Å². The minimum atomic E-state index is -0.700. The maximum Gasteiger partial charge on any atom is 0.305 e. The smallest absolute Gasteiger partial charge is 0.305 e. The average Bonchev–Trinajstić information content (AvgIpc) is 2.74. The molecule has 2 aromatic rings. The molecule has 1 saturated carbocycles. The normalized spacial score (nSPS) is 24.9. The number of Topliss-reactive ketones (excluding diaryl/α,β-unsaturated/α-hetero) is 1. The van der Waals surface area contributed by atoms with Crippen molar-refractivity contribution < 1.29 is 14.3 Å². The number of methoxy groups -OCH3 is 1. The Morgan fingerprint density at radius 2 is 1.68 bits per heavy atom. The monoisotopic (exact) mass is 395 g/mol. The van der Waals surface area contributed by atoms with Crippen LogP contribution in [-0.2, 0) is 14.3 Å². The van der Waals surface area contributed by atoms with Gasteiger partial charge in [-0.05, 0) is 29.4 Å². The molecular formula is C23H26NO3P. The molecule has 0 amide bonds. The van der Waals surface area contributed by atoms with E-state index < -0.39 is 8.07 Å². The van der Waals surface area contributed by atoms with Crippen molar-refractivity contribution >= 4 is 30.4 Å². The molecule has 3 atom stereocenters. The number of carbonyl (C=O) groups excluding carboxylic acids is 2. The maximum absolute atomic E-state index is 12.5. The average molecular weight is 395 g/mol. The van der Waals surface area contributed by atoms with E-state index in [4.69, 9.17) is 4.74 Å². The highest BCUT2D eigenvalue weighted by atomic mass is 31.1. The molecular weight excluding hydrogens is 369 g/mol. The van der Waals surface area contributed by atoms with E-state index in [0.717, 1.165) is 19.4 Å². The minimum Gasteiger partial charge on any atom is -0.469 e. The molecule has 0 radical (unpaired) electrons. The second-order valence-corrected chi connectivity index (χ2v) is 9.82. The molecule has 4 nitrogen and oxygen atoms in total. The number of ether oxygens (including phenoxy) is 1. The first-order valence-corrected chi connectivity index (χ1v) is 11.2. The molecule has 5 heteroatoms. The molecule has 2 fully saturated rings. The van der Waals surface area contributed by atoms with Crippen molar-refractivity contribution in [1.29, 1.82) is 0 Å². The SMILES string of the molecule is COC(=O)C[C@@H]1CN(P(c2ccccc2)c2ccccc2)[C@@H]2CCC(=O)C1C2. The van der Waals surface area contributed by atoms with Crippen LogP contribution in [0.1, 0.15) is 25.7 Å². The number of piperidine rings is 1. The number of nitrogens with zero attached hydrogens (tertiary/aromatic N) is 1. The number of esters is 1. The second-order valence-electron chi connectivity index (χ2n) is 7.65. The molecule has 1 aliphatic heterocycles. The molecule has 1 unspecified atom stereocenters. The van der Waals surface area contributed by atoms with Crippen molar-refractivity contribution in [3.63, 3.8) is 0 Å². The van der Waals surface area contributed by atoms with Crippen LogP contribution in [0.5, 0.6) is 0 Å². The standard InChI is InChI=1S/C23H26NO3P/c1-27-23(26)14-17-16-24(18-12-13-22(25)21(17)15-18)28(19-8-4-2-5-9-19)20-10-6-3-7-11-20/h2-11,17-18,21H,12-16H2,1H3/t17-,18-,21?/m1/s1. The van der Waals surface area contributed by atoms with Crippen LogP contribution in [-0.4, -0.2) is 36.1 Å². The first-order chi connectivity index (χ1) is 13.7. The highest BCUT2D eigenvalue weighted by Crippen LogP contribution is 2.49. The van der Waals surface area contributed by atoms with Gasteiger partial charge in [0.15, 0.2) is 0 Å². The molecule has 4 rings (SSSR count). The zero-order valence-electron chi connectivity index (χ0n) is 16.2. The number of fused-ring (bicyclic) bond motifs is 2. The predicted octanol–water partition coefficient (Wildman–Crippen LogP) is 3.27. The Hall–Kier alpha value is -2.03. The van der Waals surface area contributed by atoms with Gasteiger partial charge in [0.25, 0.3) is 0 Å². The third-order valence-electron chi connectivity index (χ3n) is 5.99. The lowest BCUT2D eigenvalue weighted by Gasteiger charge is -2.49. The van der Waals surface area contributed by atoms with E-state index >= 15 is 0 Å². The topological polar surface area (TPSA) is 46.6 Å². The van der Waals surface area contributed by atoms with Crippen LogP contribution in [0, 0.1) is 11.8 Å². The largest absolute Gasteiger partial charge is 0.469 e. The number of hydrogen-bond donors (Lipinski definition) is 0. The van der Waals surface area contributed by atoms with E-state index in [1.807, 2.05) is 12.1 Å². The minimum absolute atomic E-state index is 0.00232. The van der Waals surface area contributed by atoms with E-state index in [9.17, 15) is 9.59 Å². The van der Waals surface area contributed by atoms with Crippen LogP contribution in [0.3, 0.4) is 0 Å². The lowest BCUT2D eigenvalue weighted by Crippen LogP contribution is -2.52. The zero-order valence-corrected chi connectivity index (χ0v) is 17.1. The number of carbonyl (C=O) groups is 2. The first kappa shape index (κ1) is 19.3. The number of benzene rings is 2. The maximum atomic E-state index is 12.5. The summed E-state index contributed by atoms with van der Waals surface area (Å²) >= 11 is 0. The highest BCUT2D eigenvalue weighted by molar-refractivity contribution is 7.70. The summed E-state index contributed by atoms with van der Waals surface area (Å²) in [7, 11) is 0.726. The quantitative estimate of drug-likeness (QED) is 0.576. The zero-order chi connectivity index (χ0) is 19.5. The van der Waals surface area contributed by atoms with Gasteiger partial charge in [-0.3, -0.25) is 14.3 Å². The Balaban J connectivity index is 1.71. The highest BCUT2D eigenvalue weighted by Gasteiger charge is 2.45. The molecule has 1 saturated heterocycles. The molecule has 2 aromatic carbocycles. The Kier molecular flexibility index (Phi) is 5.89. The van der Waals surface area contributed by atoms with E-state index in [0.29, 0.717) is 24.7 Å². The number of hydrogen-bond acceptors (Lipinski definition) is 4. The summed E-state index contributed by atoms with van der Waals surface area (Å²) in [6.45, 7) is 0.770. The predicted molar refractivity (Wildman–Crippen MR) is 112 cm³/mol. The van der Waals surface area contributed by atoms with Gasteiger partial charge < -0.3 is 4.74 Å². The Morgan fingerprint density at radius 3 is 2.25 bits per heavy atom. The van der Waals surface area contributed by atoms with Gasteiger partial charge >= 0.3 is 5.97 Å². The molecule has 0 spiro atoms. The van der Waals surface area contributed by atoms with Crippen molar-refractivity contribution in [2.24, 2.45) is 11.8 Å². The second kappa shape index (κ2) is 8.55. The Labute approximate surface area is 167 Å². The van der Waals surface area contributed by atoms with Crippen LogP contribution in [0.4, 0.5) is 0 Å². The summed E-state index contributed by atoms with van der Waals surface area (Å²) in [6.07, 6.45) is 2.72. The van der Waals surface area contributed by atoms with Crippen molar-refractivity contribution in [3.8, 4) is 0 Å². The van der Waals surface area contributed by atoms with Gasteiger partial charge in [0.2, 0.25) is 0 Å². The van der Waals surface area contributed by atoms with Crippen LogP contribution >= 0.6 is 8.07 Å². The van der Waals surface area contributed by atoms with Gasteiger partial charge in [-0.1, -0.05) is 60.7 Å². The lowest BCUT2D eigenvalue weighted by atomic mass is 9.72. The Morgan fingerprint density at radius 1 is 1.07 bits per heavy atom. The van der Waals surface area contributed by atoms with E-state index in [1.165, 1.54) is 17.7 Å². The molecule has 28 heavy (non-hydrogen) atoms. The molecule has 2 aliphatic rings.